The molecule has 1 saturated heterocycles. The van der Waals surface area contributed by atoms with Crippen molar-refractivity contribution in [3.8, 4) is 5.69 Å². The lowest BCUT2D eigenvalue weighted by atomic mass is 9.97. The van der Waals surface area contributed by atoms with Crippen LogP contribution in [0.25, 0.3) is 5.69 Å². The molecule has 3 heterocycles. The van der Waals surface area contributed by atoms with Gasteiger partial charge in [0.1, 0.15) is 18.3 Å². The van der Waals surface area contributed by atoms with Gasteiger partial charge in [-0.2, -0.15) is 10.2 Å². The van der Waals surface area contributed by atoms with E-state index in [1.165, 1.54) is 6.33 Å². The van der Waals surface area contributed by atoms with E-state index in [-0.39, 0.29) is 24.0 Å². The Morgan fingerprint density at radius 2 is 2.22 bits per heavy atom. The highest BCUT2D eigenvalue weighted by molar-refractivity contribution is 5.80. The number of hydrogen-bond acceptors (Lipinski definition) is 5. The summed E-state index contributed by atoms with van der Waals surface area (Å²) in [6, 6.07) is 9.70. The van der Waals surface area contributed by atoms with Crippen molar-refractivity contribution in [1.29, 1.82) is 0 Å². The van der Waals surface area contributed by atoms with E-state index < -0.39 is 0 Å². The molecule has 2 aromatic heterocycles. The number of aromatic amines is 1. The van der Waals surface area contributed by atoms with Crippen molar-refractivity contribution in [2.24, 2.45) is 5.92 Å². The van der Waals surface area contributed by atoms with Crippen LogP contribution in [-0.4, -0.2) is 37.5 Å². The van der Waals surface area contributed by atoms with Gasteiger partial charge in [-0.05, 0) is 38.0 Å². The van der Waals surface area contributed by atoms with E-state index >= 15 is 0 Å². The molecular weight excluding hydrogens is 344 g/mol. The number of aryl methyl sites for hydroxylation is 1. The second-order valence-corrected chi connectivity index (χ2v) is 6.74. The maximum atomic E-state index is 12.9. The zero-order chi connectivity index (χ0) is 18.8. The number of ether oxygens (including phenoxy) is 1. The van der Waals surface area contributed by atoms with Crippen molar-refractivity contribution in [3.63, 3.8) is 0 Å². The largest absolute Gasteiger partial charge is 0.371 e. The number of carbonyl (C=O) groups is 1. The van der Waals surface area contributed by atoms with Gasteiger partial charge in [-0.3, -0.25) is 9.89 Å². The quantitative estimate of drug-likeness (QED) is 0.722. The smallest absolute Gasteiger partial charge is 0.226 e. The second-order valence-electron chi connectivity index (χ2n) is 6.74. The SMILES string of the molecule is Cc1ccccc1-n1nccc1[C@H]1OCC[C@@H]1C(=O)NC(C)c1ncn[nH]1. The molecule has 0 radical (unpaired) electrons. The molecule has 1 fully saturated rings. The van der Waals surface area contributed by atoms with Gasteiger partial charge in [-0.25, -0.2) is 9.67 Å². The molecule has 27 heavy (non-hydrogen) atoms. The highest BCUT2D eigenvalue weighted by atomic mass is 16.5. The van der Waals surface area contributed by atoms with Crippen LogP contribution in [0.3, 0.4) is 0 Å². The molecule has 1 unspecified atom stereocenters. The van der Waals surface area contributed by atoms with Crippen molar-refractivity contribution in [2.45, 2.75) is 32.4 Å². The van der Waals surface area contributed by atoms with Gasteiger partial charge in [0.2, 0.25) is 5.91 Å². The first-order valence-electron chi connectivity index (χ1n) is 9.02. The Hall–Kier alpha value is -3.00. The summed E-state index contributed by atoms with van der Waals surface area (Å²) in [6.07, 6.45) is 3.50. The molecule has 140 valence electrons. The van der Waals surface area contributed by atoms with Crippen LogP contribution in [-0.2, 0) is 9.53 Å². The van der Waals surface area contributed by atoms with Crippen molar-refractivity contribution in [1.82, 2.24) is 30.3 Å². The Balaban J connectivity index is 1.57. The van der Waals surface area contributed by atoms with Gasteiger partial charge in [-0.1, -0.05) is 18.2 Å². The van der Waals surface area contributed by atoms with Gasteiger partial charge in [-0.15, -0.1) is 0 Å². The molecule has 0 saturated carbocycles. The number of H-pyrrole nitrogens is 1. The molecule has 1 aromatic carbocycles. The first-order valence-corrected chi connectivity index (χ1v) is 9.02. The fourth-order valence-corrected chi connectivity index (χ4v) is 3.49. The molecular formula is C19H22N6O2. The molecule has 8 nitrogen and oxygen atoms in total. The minimum absolute atomic E-state index is 0.0565. The lowest BCUT2D eigenvalue weighted by molar-refractivity contribution is -0.127. The minimum atomic E-state index is -0.339. The summed E-state index contributed by atoms with van der Waals surface area (Å²) in [6.45, 7) is 4.46. The number of nitrogens with one attached hydrogen (secondary N) is 2. The molecule has 3 atom stereocenters. The Morgan fingerprint density at radius 3 is 3.00 bits per heavy atom. The molecule has 8 heteroatoms. The van der Waals surface area contributed by atoms with Crippen LogP contribution in [0.4, 0.5) is 0 Å². The van der Waals surface area contributed by atoms with E-state index in [2.05, 4.69) is 25.6 Å². The lowest BCUT2D eigenvalue weighted by Crippen LogP contribution is -2.35. The van der Waals surface area contributed by atoms with Gasteiger partial charge in [0.05, 0.1) is 23.3 Å². The van der Waals surface area contributed by atoms with Gasteiger partial charge in [0.15, 0.2) is 0 Å². The minimum Gasteiger partial charge on any atom is -0.371 e. The van der Waals surface area contributed by atoms with Crippen LogP contribution >= 0.6 is 0 Å². The van der Waals surface area contributed by atoms with Crippen LogP contribution in [0.15, 0.2) is 42.9 Å². The van der Waals surface area contributed by atoms with Crippen LogP contribution in [0.5, 0.6) is 0 Å². The number of amides is 1. The van der Waals surface area contributed by atoms with Crippen LogP contribution in [0.1, 0.15) is 42.6 Å². The number of aromatic nitrogens is 5. The molecule has 2 N–H and O–H groups in total. The summed E-state index contributed by atoms with van der Waals surface area (Å²) in [5, 5.41) is 14.1. The zero-order valence-corrected chi connectivity index (χ0v) is 15.3. The predicted octanol–water partition coefficient (Wildman–Crippen LogP) is 2.25. The van der Waals surface area contributed by atoms with E-state index in [1.54, 1.807) is 6.20 Å². The van der Waals surface area contributed by atoms with Crippen LogP contribution < -0.4 is 5.32 Å². The lowest BCUT2D eigenvalue weighted by Gasteiger charge is -2.21. The van der Waals surface area contributed by atoms with Crippen molar-refractivity contribution < 1.29 is 9.53 Å². The molecule has 0 bridgehead atoms. The van der Waals surface area contributed by atoms with Crippen LogP contribution in [0.2, 0.25) is 0 Å². The highest BCUT2D eigenvalue weighted by Gasteiger charge is 2.38. The van der Waals surface area contributed by atoms with Crippen molar-refractivity contribution >= 4 is 5.91 Å². The Bertz CT molecular complexity index is 920. The first-order chi connectivity index (χ1) is 13.1. The monoisotopic (exact) mass is 366 g/mol. The molecule has 4 rings (SSSR count). The third-order valence-electron chi connectivity index (χ3n) is 4.94. The molecule has 0 spiro atoms. The molecule has 1 aliphatic rings. The molecule has 0 aliphatic carbocycles. The third-order valence-corrected chi connectivity index (χ3v) is 4.94. The van der Waals surface area contributed by atoms with E-state index in [1.807, 2.05) is 48.9 Å². The van der Waals surface area contributed by atoms with E-state index in [0.717, 1.165) is 16.9 Å². The van der Waals surface area contributed by atoms with E-state index in [9.17, 15) is 4.79 Å². The fraction of sp³-hybridized carbons (Fsp3) is 0.368. The van der Waals surface area contributed by atoms with Gasteiger partial charge >= 0.3 is 0 Å². The van der Waals surface area contributed by atoms with Crippen LogP contribution in [0, 0.1) is 12.8 Å². The average molecular weight is 366 g/mol. The highest BCUT2D eigenvalue weighted by Crippen LogP contribution is 2.36. The zero-order valence-electron chi connectivity index (χ0n) is 15.3. The normalized spacial score (nSPS) is 20.5. The Labute approximate surface area is 157 Å². The number of nitrogens with zero attached hydrogens (tertiary/aromatic N) is 4. The van der Waals surface area contributed by atoms with Gasteiger partial charge in [0.25, 0.3) is 0 Å². The third kappa shape index (κ3) is 3.35. The molecule has 1 amide bonds. The van der Waals surface area contributed by atoms with Crippen molar-refractivity contribution in [2.75, 3.05) is 6.61 Å². The molecule has 3 aromatic rings. The standard InChI is InChI=1S/C19H22N6O2/c1-12-5-3-4-6-15(12)25-16(7-9-22-25)17-14(8-10-27-17)19(26)23-13(2)18-20-11-21-24-18/h3-7,9,11,13-14,17H,8,10H2,1-2H3,(H,23,26)(H,20,21,24)/t13?,14-,17-/m0/s1. The average Bonchev–Trinajstić information content (AvgIpc) is 3.41. The summed E-state index contributed by atoms with van der Waals surface area (Å²) < 4.78 is 7.81. The first kappa shape index (κ1) is 17.4. The van der Waals surface area contributed by atoms with Crippen molar-refractivity contribution in [3.05, 3.63) is 59.9 Å². The number of carbonyl (C=O) groups excluding carboxylic acids is 1. The maximum Gasteiger partial charge on any atom is 0.226 e. The number of rotatable bonds is 5. The van der Waals surface area contributed by atoms with Gasteiger partial charge < -0.3 is 10.1 Å². The topological polar surface area (TPSA) is 97.7 Å². The fourth-order valence-electron chi connectivity index (χ4n) is 3.49. The predicted molar refractivity (Wildman–Crippen MR) is 98.0 cm³/mol. The summed E-state index contributed by atoms with van der Waals surface area (Å²) in [5.41, 5.74) is 2.98. The van der Waals surface area contributed by atoms with E-state index in [0.29, 0.717) is 18.9 Å². The number of benzene rings is 1. The number of hydrogen-bond donors (Lipinski definition) is 2. The maximum absolute atomic E-state index is 12.9. The summed E-state index contributed by atoms with van der Waals surface area (Å²) >= 11 is 0. The summed E-state index contributed by atoms with van der Waals surface area (Å²) in [5.74, 6) is 0.289. The summed E-state index contributed by atoms with van der Waals surface area (Å²) in [7, 11) is 0. The Kier molecular flexibility index (Phi) is 4.72. The second kappa shape index (κ2) is 7.32. The van der Waals surface area contributed by atoms with Gasteiger partial charge in [0, 0.05) is 12.8 Å². The molecule has 1 aliphatic heterocycles. The number of para-hydroxylation sites is 1. The Morgan fingerprint density at radius 1 is 1.37 bits per heavy atom. The summed E-state index contributed by atoms with van der Waals surface area (Å²) in [4.78, 5) is 17.0. The van der Waals surface area contributed by atoms with E-state index in [4.69, 9.17) is 4.74 Å².